The second kappa shape index (κ2) is 6.58. The molecule has 0 aliphatic heterocycles. The fourth-order valence-corrected chi connectivity index (χ4v) is 3.04. The molecular weight excluding hydrogens is 290 g/mol. The summed E-state index contributed by atoms with van der Waals surface area (Å²) in [6, 6.07) is 6.97. The summed E-state index contributed by atoms with van der Waals surface area (Å²) in [7, 11) is 0. The van der Waals surface area contributed by atoms with Crippen LogP contribution in [0.15, 0.2) is 22.7 Å². The molecule has 1 atom stereocenters. The summed E-state index contributed by atoms with van der Waals surface area (Å²) in [6.45, 7) is 5.91. The molecule has 1 N–H and O–H groups in total. The van der Waals surface area contributed by atoms with Crippen molar-refractivity contribution >= 4 is 15.9 Å². The van der Waals surface area contributed by atoms with Crippen LogP contribution in [0, 0.1) is 5.92 Å². The van der Waals surface area contributed by atoms with E-state index >= 15 is 0 Å². The Bertz CT molecular complexity index is 390. The van der Waals surface area contributed by atoms with Crippen LogP contribution in [0.25, 0.3) is 0 Å². The van der Waals surface area contributed by atoms with Gasteiger partial charge in [-0.2, -0.15) is 0 Å². The Morgan fingerprint density at radius 2 is 2.17 bits per heavy atom. The molecule has 1 aliphatic carbocycles. The summed E-state index contributed by atoms with van der Waals surface area (Å²) in [6.07, 6.45) is 4.08. The van der Waals surface area contributed by atoms with Crippen molar-refractivity contribution in [3.05, 3.63) is 28.2 Å². The Kier molecular flexibility index (Phi) is 5.07. The largest absolute Gasteiger partial charge is 0.493 e. The minimum Gasteiger partial charge on any atom is -0.493 e. The normalized spacial score (nSPS) is 17.3. The first-order valence-corrected chi connectivity index (χ1v) is 7.71. The van der Waals surface area contributed by atoms with Gasteiger partial charge in [-0.15, -0.1) is 0 Å². The van der Waals surface area contributed by atoms with Crippen LogP contribution in [0.3, 0.4) is 0 Å². The monoisotopic (exact) mass is 311 g/mol. The molecule has 0 amide bonds. The summed E-state index contributed by atoms with van der Waals surface area (Å²) in [4.78, 5) is 0. The van der Waals surface area contributed by atoms with Gasteiger partial charge in [0.1, 0.15) is 5.75 Å². The minimum absolute atomic E-state index is 0.496. The Morgan fingerprint density at radius 3 is 2.67 bits per heavy atom. The molecule has 1 fully saturated rings. The molecule has 100 valence electrons. The number of hydrogen-bond donors (Lipinski definition) is 1. The molecule has 1 aromatic rings. The molecule has 2 nitrogen and oxygen atoms in total. The van der Waals surface area contributed by atoms with Gasteiger partial charge in [-0.1, -0.05) is 19.4 Å². The van der Waals surface area contributed by atoms with E-state index in [1.807, 2.05) is 6.92 Å². The Labute approximate surface area is 118 Å². The van der Waals surface area contributed by atoms with Gasteiger partial charge in [-0.3, -0.25) is 0 Å². The number of rotatable bonds is 6. The molecule has 0 aromatic heterocycles. The number of ether oxygens (including phenoxy) is 1. The van der Waals surface area contributed by atoms with E-state index in [-0.39, 0.29) is 0 Å². The van der Waals surface area contributed by atoms with Crippen LogP contribution in [0.1, 0.15) is 44.7 Å². The van der Waals surface area contributed by atoms with Gasteiger partial charge in [0.2, 0.25) is 0 Å². The standard InChI is InChI=1S/C15H22BrNO/c1-3-17-15(11-6-5-7-11)12-8-9-14(18-4-2)13(16)10-12/h8-11,15,17H,3-7H2,1-2H3. The van der Waals surface area contributed by atoms with E-state index in [0.29, 0.717) is 12.6 Å². The zero-order valence-electron chi connectivity index (χ0n) is 11.2. The van der Waals surface area contributed by atoms with Crippen molar-refractivity contribution in [3.63, 3.8) is 0 Å². The highest BCUT2D eigenvalue weighted by Crippen LogP contribution is 2.39. The fourth-order valence-electron chi connectivity index (χ4n) is 2.53. The Balaban J connectivity index is 2.16. The Hall–Kier alpha value is -0.540. The van der Waals surface area contributed by atoms with Gasteiger partial charge in [0, 0.05) is 6.04 Å². The topological polar surface area (TPSA) is 21.3 Å². The first-order valence-electron chi connectivity index (χ1n) is 6.91. The molecule has 0 saturated heterocycles. The lowest BCUT2D eigenvalue weighted by Crippen LogP contribution is -2.32. The maximum absolute atomic E-state index is 5.56. The van der Waals surface area contributed by atoms with Crippen LogP contribution >= 0.6 is 15.9 Å². The maximum Gasteiger partial charge on any atom is 0.133 e. The van der Waals surface area contributed by atoms with Crippen LogP contribution in [-0.2, 0) is 0 Å². The SMILES string of the molecule is CCNC(c1ccc(OCC)c(Br)c1)C1CCC1. The van der Waals surface area contributed by atoms with Crippen molar-refractivity contribution in [3.8, 4) is 5.75 Å². The van der Waals surface area contributed by atoms with E-state index in [2.05, 4.69) is 46.4 Å². The van der Waals surface area contributed by atoms with Crippen molar-refractivity contribution in [1.82, 2.24) is 5.32 Å². The van der Waals surface area contributed by atoms with Gasteiger partial charge in [-0.05, 0) is 65.9 Å². The van der Waals surface area contributed by atoms with Gasteiger partial charge in [-0.25, -0.2) is 0 Å². The van der Waals surface area contributed by atoms with E-state index in [1.54, 1.807) is 0 Å². The summed E-state index contributed by atoms with van der Waals surface area (Å²) >= 11 is 3.60. The quantitative estimate of drug-likeness (QED) is 0.845. The molecule has 3 heteroatoms. The molecular formula is C15H22BrNO. The molecule has 18 heavy (non-hydrogen) atoms. The molecule has 0 bridgehead atoms. The fraction of sp³-hybridized carbons (Fsp3) is 0.600. The van der Waals surface area contributed by atoms with Crippen LogP contribution in [0.2, 0.25) is 0 Å². The smallest absolute Gasteiger partial charge is 0.133 e. The van der Waals surface area contributed by atoms with Gasteiger partial charge in [0.05, 0.1) is 11.1 Å². The predicted octanol–water partition coefficient (Wildman–Crippen LogP) is 4.30. The molecule has 1 unspecified atom stereocenters. The summed E-state index contributed by atoms with van der Waals surface area (Å²) < 4.78 is 6.62. The van der Waals surface area contributed by atoms with E-state index in [4.69, 9.17) is 4.74 Å². The van der Waals surface area contributed by atoms with Crippen molar-refractivity contribution in [2.75, 3.05) is 13.2 Å². The van der Waals surface area contributed by atoms with Gasteiger partial charge >= 0.3 is 0 Å². The van der Waals surface area contributed by atoms with E-state index in [0.717, 1.165) is 22.7 Å². The zero-order valence-corrected chi connectivity index (χ0v) is 12.8. The van der Waals surface area contributed by atoms with Crippen LogP contribution in [0.4, 0.5) is 0 Å². The zero-order chi connectivity index (χ0) is 13.0. The highest BCUT2D eigenvalue weighted by Gasteiger charge is 2.28. The first-order chi connectivity index (χ1) is 8.76. The van der Waals surface area contributed by atoms with Crippen molar-refractivity contribution < 1.29 is 4.74 Å². The lowest BCUT2D eigenvalue weighted by molar-refractivity contribution is 0.233. The van der Waals surface area contributed by atoms with Crippen molar-refractivity contribution in [1.29, 1.82) is 0 Å². The van der Waals surface area contributed by atoms with Crippen LogP contribution in [-0.4, -0.2) is 13.2 Å². The van der Waals surface area contributed by atoms with Gasteiger partial charge < -0.3 is 10.1 Å². The van der Waals surface area contributed by atoms with E-state index in [1.165, 1.54) is 24.8 Å². The molecule has 1 aliphatic rings. The summed E-state index contributed by atoms with van der Waals surface area (Å²) in [5.74, 6) is 1.74. The molecule has 0 radical (unpaired) electrons. The van der Waals surface area contributed by atoms with Crippen LogP contribution in [0.5, 0.6) is 5.75 Å². The summed E-state index contributed by atoms with van der Waals surface area (Å²) in [5.41, 5.74) is 1.37. The number of hydrogen-bond acceptors (Lipinski definition) is 2. The lowest BCUT2D eigenvalue weighted by atomic mass is 9.77. The second-order valence-electron chi connectivity index (χ2n) is 4.85. The molecule has 0 heterocycles. The third-order valence-electron chi connectivity index (χ3n) is 3.66. The molecule has 2 rings (SSSR count). The highest BCUT2D eigenvalue weighted by atomic mass is 79.9. The first kappa shape index (κ1) is 13.9. The lowest BCUT2D eigenvalue weighted by Gasteiger charge is -2.34. The average molecular weight is 312 g/mol. The predicted molar refractivity (Wildman–Crippen MR) is 79.1 cm³/mol. The van der Waals surface area contributed by atoms with E-state index in [9.17, 15) is 0 Å². The average Bonchev–Trinajstić information content (AvgIpc) is 2.29. The molecule has 0 spiro atoms. The number of benzene rings is 1. The maximum atomic E-state index is 5.56. The summed E-state index contributed by atoms with van der Waals surface area (Å²) in [5, 5.41) is 3.62. The third-order valence-corrected chi connectivity index (χ3v) is 4.28. The van der Waals surface area contributed by atoms with E-state index < -0.39 is 0 Å². The molecule has 1 saturated carbocycles. The minimum atomic E-state index is 0.496. The van der Waals surface area contributed by atoms with Crippen molar-refractivity contribution in [2.24, 2.45) is 5.92 Å². The number of nitrogens with one attached hydrogen (secondary N) is 1. The van der Waals surface area contributed by atoms with Crippen molar-refractivity contribution in [2.45, 2.75) is 39.2 Å². The van der Waals surface area contributed by atoms with Gasteiger partial charge in [0.15, 0.2) is 0 Å². The number of halogens is 1. The third kappa shape index (κ3) is 3.07. The highest BCUT2D eigenvalue weighted by molar-refractivity contribution is 9.10. The second-order valence-corrected chi connectivity index (χ2v) is 5.70. The van der Waals surface area contributed by atoms with Gasteiger partial charge in [0.25, 0.3) is 0 Å². The Morgan fingerprint density at radius 1 is 1.39 bits per heavy atom. The van der Waals surface area contributed by atoms with Crippen LogP contribution < -0.4 is 10.1 Å². The molecule has 1 aromatic carbocycles.